The minimum Gasteiger partial charge on any atom is -0.340 e. The van der Waals surface area contributed by atoms with Crippen molar-refractivity contribution >= 4 is 35.8 Å². The summed E-state index contributed by atoms with van der Waals surface area (Å²) in [6.45, 7) is 2.63. The Bertz CT molecular complexity index is 683. The Morgan fingerprint density at radius 3 is 2.36 bits per heavy atom. The third-order valence-corrected chi connectivity index (χ3v) is 6.60. The molecular weight excluding hydrogens is 397 g/mol. The first-order valence-electron chi connectivity index (χ1n) is 10.2. The maximum absolute atomic E-state index is 13.0. The summed E-state index contributed by atoms with van der Waals surface area (Å²) in [5.41, 5.74) is 0.653. The summed E-state index contributed by atoms with van der Waals surface area (Å²) in [5.74, 6) is 0.916. The average Bonchev–Trinajstić information content (AvgIpc) is 2.97. The molecule has 0 radical (unpaired) electrons. The molecule has 5 nitrogen and oxygen atoms in total. The molecule has 7 heteroatoms. The summed E-state index contributed by atoms with van der Waals surface area (Å²) in [6.07, 6.45) is 6.84. The first-order chi connectivity index (χ1) is 13.1. The number of amides is 2. The topological polar surface area (TPSA) is 52.7 Å². The largest absolute Gasteiger partial charge is 0.340 e. The fourth-order valence-corrected chi connectivity index (χ4v) is 4.97. The number of halogens is 2. The molecule has 1 saturated carbocycles. The van der Waals surface area contributed by atoms with Crippen LogP contribution in [-0.2, 0) is 4.79 Å². The monoisotopic (exact) mass is 425 g/mol. The molecule has 0 bridgehead atoms. The second-order valence-electron chi connectivity index (χ2n) is 8.08. The zero-order valence-electron chi connectivity index (χ0n) is 16.1. The summed E-state index contributed by atoms with van der Waals surface area (Å²) in [5, 5.41) is 4.22. The predicted octanol–water partition coefficient (Wildman–Crippen LogP) is 3.36. The van der Waals surface area contributed by atoms with E-state index in [1.54, 1.807) is 24.3 Å². The minimum absolute atomic E-state index is 0. The highest BCUT2D eigenvalue weighted by atomic mass is 35.5. The lowest BCUT2D eigenvalue weighted by molar-refractivity contribution is -0.133. The number of benzene rings is 1. The van der Waals surface area contributed by atoms with Crippen LogP contribution in [0.2, 0.25) is 5.02 Å². The van der Waals surface area contributed by atoms with E-state index in [2.05, 4.69) is 5.32 Å². The Labute approximate surface area is 178 Å². The number of hydrogen-bond acceptors (Lipinski definition) is 3. The molecule has 3 unspecified atom stereocenters. The molecule has 2 amide bonds. The number of nitrogens with one attached hydrogen (secondary N) is 1. The van der Waals surface area contributed by atoms with Gasteiger partial charge in [-0.05, 0) is 55.9 Å². The van der Waals surface area contributed by atoms with Gasteiger partial charge in [0.05, 0.1) is 6.04 Å². The van der Waals surface area contributed by atoms with Gasteiger partial charge < -0.3 is 15.1 Å². The lowest BCUT2D eigenvalue weighted by Crippen LogP contribution is -2.46. The molecule has 0 spiro atoms. The van der Waals surface area contributed by atoms with E-state index in [0.29, 0.717) is 42.2 Å². The van der Waals surface area contributed by atoms with Crippen molar-refractivity contribution in [1.29, 1.82) is 0 Å². The molecule has 1 aromatic rings. The van der Waals surface area contributed by atoms with Crippen LogP contribution in [0.15, 0.2) is 24.3 Å². The van der Waals surface area contributed by atoms with E-state index in [1.165, 1.54) is 25.7 Å². The third-order valence-electron chi connectivity index (χ3n) is 6.35. The molecule has 2 aliphatic heterocycles. The molecule has 1 aromatic carbocycles. The zero-order valence-corrected chi connectivity index (χ0v) is 17.7. The molecule has 3 fully saturated rings. The van der Waals surface area contributed by atoms with Crippen molar-refractivity contribution in [3.63, 3.8) is 0 Å². The average molecular weight is 426 g/mol. The zero-order chi connectivity index (χ0) is 18.8. The van der Waals surface area contributed by atoms with Gasteiger partial charge in [-0.15, -0.1) is 12.4 Å². The van der Waals surface area contributed by atoms with E-state index in [9.17, 15) is 9.59 Å². The Morgan fingerprint density at radius 1 is 0.929 bits per heavy atom. The molecule has 0 aromatic heterocycles. The molecule has 2 saturated heterocycles. The molecular formula is C21H29Cl2N3O2. The van der Waals surface area contributed by atoms with Crippen molar-refractivity contribution in [2.75, 3.05) is 26.2 Å². The minimum atomic E-state index is -0.0309. The van der Waals surface area contributed by atoms with Gasteiger partial charge in [0.2, 0.25) is 5.91 Å². The van der Waals surface area contributed by atoms with Gasteiger partial charge in [-0.1, -0.05) is 24.4 Å². The van der Waals surface area contributed by atoms with Gasteiger partial charge in [-0.25, -0.2) is 0 Å². The van der Waals surface area contributed by atoms with Crippen LogP contribution in [0.5, 0.6) is 0 Å². The van der Waals surface area contributed by atoms with Crippen LogP contribution in [0.1, 0.15) is 48.9 Å². The van der Waals surface area contributed by atoms with E-state index in [0.717, 1.165) is 19.4 Å². The van der Waals surface area contributed by atoms with Crippen LogP contribution in [-0.4, -0.2) is 59.9 Å². The van der Waals surface area contributed by atoms with Crippen molar-refractivity contribution in [2.45, 2.75) is 50.6 Å². The third kappa shape index (κ3) is 4.64. The Hall–Kier alpha value is -1.30. The number of carbonyl (C=O) groups excluding carboxylic acids is 2. The van der Waals surface area contributed by atoms with E-state index < -0.39 is 0 Å². The summed E-state index contributed by atoms with van der Waals surface area (Å²) in [4.78, 5) is 29.6. The molecule has 1 N–H and O–H groups in total. The van der Waals surface area contributed by atoms with Crippen LogP contribution in [0.3, 0.4) is 0 Å². The second-order valence-corrected chi connectivity index (χ2v) is 8.52. The van der Waals surface area contributed by atoms with Gasteiger partial charge in [0.25, 0.3) is 5.91 Å². The first kappa shape index (κ1) is 21.4. The number of carbonyl (C=O) groups is 2. The fraction of sp³-hybridized carbons (Fsp3) is 0.619. The van der Waals surface area contributed by atoms with Crippen molar-refractivity contribution in [3.05, 3.63) is 34.9 Å². The number of hydrogen-bond donors (Lipinski definition) is 1. The van der Waals surface area contributed by atoms with Crippen LogP contribution in [0, 0.1) is 5.92 Å². The SMILES string of the molecule is Cl.O=C(c1ccc(Cl)cc1)N1CCCN(C(=O)C2CC3CCCCC3N2)CC1. The second kappa shape index (κ2) is 9.47. The fourth-order valence-electron chi connectivity index (χ4n) is 4.85. The van der Waals surface area contributed by atoms with E-state index >= 15 is 0 Å². The van der Waals surface area contributed by atoms with Gasteiger partial charge >= 0.3 is 0 Å². The molecule has 3 atom stereocenters. The summed E-state index contributed by atoms with van der Waals surface area (Å²) < 4.78 is 0. The number of fused-ring (bicyclic) bond motifs is 1. The summed E-state index contributed by atoms with van der Waals surface area (Å²) >= 11 is 5.91. The number of rotatable bonds is 2. The maximum Gasteiger partial charge on any atom is 0.253 e. The molecule has 28 heavy (non-hydrogen) atoms. The van der Waals surface area contributed by atoms with Crippen molar-refractivity contribution in [1.82, 2.24) is 15.1 Å². The van der Waals surface area contributed by atoms with Gasteiger partial charge in [0.15, 0.2) is 0 Å². The molecule has 3 aliphatic rings. The highest BCUT2D eigenvalue weighted by Gasteiger charge is 2.40. The normalized spacial score (nSPS) is 27.5. The van der Waals surface area contributed by atoms with Crippen LogP contribution >= 0.6 is 24.0 Å². The first-order valence-corrected chi connectivity index (χ1v) is 10.6. The van der Waals surface area contributed by atoms with Crippen LogP contribution in [0.4, 0.5) is 0 Å². The van der Waals surface area contributed by atoms with E-state index in [-0.39, 0.29) is 30.3 Å². The van der Waals surface area contributed by atoms with E-state index in [1.807, 2.05) is 9.80 Å². The van der Waals surface area contributed by atoms with Crippen molar-refractivity contribution < 1.29 is 9.59 Å². The lowest BCUT2D eigenvalue weighted by Gasteiger charge is -2.25. The highest BCUT2D eigenvalue weighted by Crippen LogP contribution is 2.33. The quantitative estimate of drug-likeness (QED) is 0.789. The molecule has 1 aliphatic carbocycles. The molecule has 154 valence electrons. The highest BCUT2D eigenvalue weighted by molar-refractivity contribution is 6.30. The maximum atomic E-state index is 13.0. The Balaban J connectivity index is 0.00000225. The van der Waals surface area contributed by atoms with Gasteiger partial charge in [-0.3, -0.25) is 9.59 Å². The van der Waals surface area contributed by atoms with Gasteiger partial charge in [0, 0.05) is 42.8 Å². The standard InChI is InChI=1S/C21H28ClN3O2.ClH/c22-17-8-6-15(7-9-17)20(26)24-10-3-11-25(13-12-24)21(27)19-14-16-4-1-2-5-18(16)23-19;/h6-9,16,18-19,23H,1-5,10-14H2;1H. The summed E-state index contributed by atoms with van der Waals surface area (Å²) in [6, 6.07) is 7.52. The molecule has 4 rings (SSSR count). The molecule has 2 heterocycles. The van der Waals surface area contributed by atoms with E-state index in [4.69, 9.17) is 11.6 Å². The van der Waals surface area contributed by atoms with Crippen molar-refractivity contribution in [2.24, 2.45) is 5.92 Å². The van der Waals surface area contributed by atoms with Gasteiger partial charge in [-0.2, -0.15) is 0 Å². The van der Waals surface area contributed by atoms with Crippen molar-refractivity contribution in [3.8, 4) is 0 Å². The van der Waals surface area contributed by atoms with Crippen LogP contribution in [0.25, 0.3) is 0 Å². The Kier molecular flexibility index (Phi) is 7.24. The summed E-state index contributed by atoms with van der Waals surface area (Å²) in [7, 11) is 0. The number of nitrogens with zero attached hydrogens (tertiary/aromatic N) is 2. The smallest absolute Gasteiger partial charge is 0.253 e. The Morgan fingerprint density at radius 2 is 1.61 bits per heavy atom. The van der Waals surface area contributed by atoms with Crippen LogP contribution < -0.4 is 5.32 Å². The predicted molar refractivity (Wildman–Crippen MR) is 113 cm³/mol. The lowest BCUT2D eigenvalue weighted by atomic mass is 9.85. The van der Waals surface area contributed by atoms with Gasteiger partial charge in [0.1, 0.15) is 0 Å².